The van der Waals surface area contributed by atoms with Gasteiger partial charge in [-0.05, 0) is 6.92 Å². The highest BCUT2D eigenvalue weighted by Crippen LogP contribution is 1.83. The van der Waals surface area contributed by atoms with Gasteiger partial charge in [0.1, 0.15) is 0 Å². The smallest absolute Gasteiger partial charge is 0.234 e. The van der Waals surface area contributed by atoms with Gasteiger partial charge in [-0.1, -0.05) is 6.08 Å². The molecular weight excluding hydrogens is 130 g/mol. The van der Waals surface area contributed by atoms with Crippen molar-refractivity contribution in [3.05, 3.63) is 12.3 Å². The average molecular weight is 141 g/mol. The fourth-order valence-corrected chi connectivity index (χ4v) is 0.437. The molecule has 0 aromatic heterocycles. The third kappa shape index (κ3) is 6.92. The lowest BCUT2D eigenvalue weighted by Crippen LogP contribution is -1.89. The highest BCUT2D eigenvalue weighted by molar-refractivity contribution is 5.32. The second kappa shape index (κ2) is 7.92. The minimum atomic E-state index is 0.501. The molecule has 10 heavy (non-hydrogen) atoms. The molecular formula is C7H11NO2. The lowest BCUT2D eigenvalue weighted by molar-refractivity contribution is 0.246. The first kappa shape index (κ1) is 8.92. The highest BCUT2D eigenvalue weighted by Gasteiger charge is 1.81. The Hall–Kier alpha value is -1.08. The van der Waals surface area contributed by atoms with Crippen molar-refractivity contribution in [1.29, 1.82) is 0 Å². The Morgan fingerprint density at radius 2 is 2.50 bits per heavy atom. The number of hydrogen-bond donors (Lipinski definition) is 0. The SMILES string of the molecule is CC=COCCCN=C=O. The van der Waals surface area contributed by atoms with Gasteiger partial charge in [0.15, 0.2) is 0 Å². The van der Waals surface area contributed by atoms with Gasteiger partial charge in [0.25, 0.3) is 0 Å². The molecule has 0 aliphatic heterocycles. The molecule has 3 nitrogen and oxygen atoms in total. The van der Waals surface area contributed by atoms with E-state index in [9.17, 15) is 4.79 Å². The zero-order valence-corrected chi connectivity index (χ0v) is 6.04. The fourth-order valence-electron chi connectivity index (χ4n) is 0.437. The lowest BCUT2D eigenvalue weighted by atomic mass is 10.5. The first-order valence-electron chi connectivity index (χ1n) is 3.18. The normalized spacial score (nSPS) is 9.30. The maximum absolute atomic E-state index is 9.55. The van der Waals surface area contributed by atoms with Gasteiger partial charge in [-0.25, -0.2) is 9.79 Å². The molecule has 0 bridgehead atoms. The van der Waals surface area contributed by atoms with Crippen LogP contribution < -0.4 is 0 Å². The summed E-state index contributed by atoms with van der Waals surface area (Å²) >= 11 is 0. The molecule has 0 unspecified atom stereocenters. The predicted molar refractivity (Wildman–Crippen MR) is 38.4 cm³/mol. The van der Waals surface area contributed by atoms with Crippen LogP contribution in [0.3, 0.4) is 0 Å². The molecule has 0 aliphatic rings. The van der Waals surface area contributed by atoms with Gasteiger partial charge >= 0.3 is 0 Å². The van der Waals surface area contributed by atoms with Crippen molar-refractivity contribution >= 4 is 6.08 Å². The molecule has 0 N–H and O–H groups in total. The molecule has 0 saturated heterocycles. The summed E-state index contributed by atoms with van der Waals surface area (Å²) in [5.74, 6) is 0. The van der Waals surface area contributed by atoms with Crippen molar-refractivity contribution in [2.45, 2.75) is 13.3 Å². The summed E-state index contributed by atoms with van der Waals surface area (Å²) < 4.78 is 4.96. The Morgan fingerprint density at radius 1 is 1.70 bits per heavy atom. The maximum Gasteiger partial charge on any atom is 0.234 e. The summed E-state index contributed by atoms with van der Waals surface area (Å²) in [5, 5.41) is 0. The van der Waals surface area contributed by atoms with Crippen molar-refractivity contribution in [2.75, 3.05) is 13.2 Å². The van der Waals surface area contributed by atoms with Crippen LogP contribution >= 0.6 is 0 Å². The van der Waals surface area contributed by atoms with Crippen molar-refractivity contribution in [3.8, 4) is 0 Å². The van der Waals surface area contributed by atoms with E-state index in [1.807, 2.05) is 13.0 Å². The van der Waals surface area contributed by atoms with Crippen LogP contribution in [0.15, 0.2) is 17.3 Å². The minimum absolute atomic E-state index is 0.501. The Balaban J connectivity index is 2.97. The van der Waals surface area contributed by atoms with Crippen LogP contribution in [-0.2, 0) is 9.53 Å². The van der Waals surface area contributed by atoms with Crippen molar-refractivity contribution in [1.82, 2.24) is 0 Å². The zero-order valence-electron chi connectivity index (χ0n) is 6.04. The number of hydrogen-bond acceptors (Lipinski definition) is 3. The van der Waals surface area contributed by atoms with E-state index in [4.69, 9.17) is 4.74 Å². The van der Waals surface area contributed by atoms with Crippen molar-refractivity contribution < 1.29 is 9.53 Å². The summed E-state index contributed by atoms with van der Waals surface area (Å²) in [7, 11) is 0. The van der Waals surface area contributed by atoms with Crippen LogP contribution in [0.25, 0.3) is 0 Å². The van der Waals surface area contributed by atoms with Gasteiger partial charge in [-0.2, -0.15) is 0 Å². The standard InChI is InChI=1S/C7H11NO2/c1-2-5-10-6-3-4-8-7-9/h2,5H,3-4,6H2,1H3. The van der Waals surface area contributed by atoms with Crippen LogP contribution in [0.4, 0.5) is 0 Å². The number of rotatable bonds is 5. The minimum Gasteiger partial charge on any atom is -0.501 e. The Morgan fingerprint density at radius 3 is 3.10 bits per heavy atom. The van der Waals surface area contributed by atoms with Crippen LogP contribution in [0.1, 0.15) is 13.3 Å². The van der Waals surface area contributed by atoms with Gasteiger partial charge in [0.2, 0.25) is 6.08 Å². The molecule has 0 aliphatic carbocycles. The second-order valence-electron chi connectivity index (χ2n) is 1.67. The van der Waals surface area contributed by atoms with Crippen LogP contribution in [0, 0.1) is 0 Å². The molecule has 0 spiro atoms. The molecule has 0 saturated carbocycles. The van der Waals surface area contributed by atoms with E-state index in [1.54, 1.807) is 6.26 Å². The van der Waals surface area contributed by atoms with Crippen LogP contribution in [-0.4, -0.2) is 19.2 Å². The molecule has 56 valence electrons. The molecule has 0 rings (SSSR count). The van der Waals surface area contributed by atoms with Gasteiger partial charge in [0, 0.05) is 6.42 Å². The third-order valence-electron chi connectivity index (χ3n) is 0.829. The molecule has 0 atom stereocenters. The number of nitrogens with zero attached hydrogens (tertiary/aromatic N) is 1. The van der Waals surface area contributed by atoms with E-state index in [0.29, 0.717) is 13.2 Å². The first-order chi connectivity index (χ1) is 4.91. The molecule has 0 fully saturated rings. The van der Waals surface area contributed by atoms with E-state index in [1.165, 1.54) is 6.08 Å². The van der Waals surface area contributed by atoms with E-state index in [-0.39, 0.29) is 0 Å². The third-order valence-corrected chi connectivity index (χ3v) is 0.829. The lowest BCUT2D eigenvalue weighted by Gasteiger charge is -1.94. The Labute approximate surface area is 60.4 Å². The maximum atomic E-state index is 9.55. The van der Waals surface area contributed by atoms with E-state index >= 15 is 0 Å². The first-order valence-corrected chi connectivity index (χ1v) is 3.18. The molecule has 3 heteroatoms. The van der Waals surface area contributed by atoms with Crippen LogP contribution in [0.2, 0.25) is 0 Å². The summed E-state index contributed by atoms with van der Waals surface area (Å²) in [6.07, 6.45) is 5.65. The van der Waals surface area contributed by atoms with Gasteiger partial charge in [0.05, 0.1) is 19.4 Å². The van der Waals surface area contributed by atoms with Crippen molar-refractivity contribution in [3.63, 3.8) is 0 Å². The molecule has 0 heterocycles. The van der Waals surface area contributed by atoms with E-state index < -0.39 is 0 Å². The number of ether oxygens (including phenoxy) is 1. The molecule has 0 amide bonds. The predicted octanol–water partition coefficient (Wildman–Crippen LogP) is 1.26. The Bertz CT molecular complexity index is 137. The van der Waals surface area contributed by atoms with Crippen molar-refractivity contribution in [2.24, 2.45) is 4.99 Å². The number of carbonyl (C=O) groups excluding carboxylic acids is 1. The summed E-state index contributed by atoms with van der Waals surface area (Å²) in [5.41, 5.74) is 0. The average Bonchev–Trinajstić information content (AvgIpc) is 1.97. The fraction of sp³-hybridized carbons (Fsp3) is 0.571. The Kier molecular flexibility index (Phi) is 7.06. The van der Waals surface area contributed by atoms with E-state index in [0.717, 1.165) is 6.42 Å². The van der Waals surface area contributed by atoms with Gasteiger partial charge in [-0.3, -0.25) is 0 Å². The molecule has 0 aromatic carbocycles. The molecule has 0 radical (unpaired) electrons. The quantitative estimate of drug-likeness (QED) is 0.250. The number of isocyanates is 1. The second-order valence-corrected chi connectivity index (χ2v) is 1.67. The zero-order chi connectivity index (χ0) is 7.66. The largest absolute Gasteiger partial charge is 0.501 e. The van der Waals surface area contributed by atoms with Gasteiger partial charge in [-0.15, -0.1) is 0 Å². The molecule has 0 aromatic rings. The van der Waals surface area contributed by atoms with E-state index in [2.05, 4.69) is 4.99 Å². The number of aliphatic imine (C=N–C) groups is 1. The van der Waals surface area contributed by atoms with Gasteiger partial charge < -0.3 is 4.74 Å². The summed E-state index contributed by atoms with van der Waals surface area (Å²) in [6, 6.07) is 0. The highest BCUT2D eigenvalue weighted by atomic mass is 16.5. The number of allylic oxidation sites excluding steroid dienone is 1. The summed E-state index contributed by atoms with van der Waals surface area (Å²) in [4.78, 5) is 12.9. The summed E-state index contributed by atoms with van der Waals surface area (Å²) in [6.45, 7) is 2.99. The topological polar surface area (TPSA) is 38.7 Å². The monoisotopic (exact) mass is 141 g/mol. The van der Waals surface area contributed by atoms with Crippen LogP contribution in [0.5, 0.6) is 0 Å².